The van der Waals surface area contributed by atoms with E-state index < -0.39 is 18.0 Å². The van der Waals surface area contributed by atoms with Gasteiger partial charge in [0.05, 0.1) is 43.2 Å². The first-order valence-corrected chi connectivity index (χ1v) is 10.3. The Hall–Kier alpha value is -3.39. The molecule has 1 aliphatic heterocycles. The number of amides is 2. The van der Waals surface area contributed by atoms with Crippen LogP contribution in [0.2, 0.25) is 5.02 Å². The topological polar surface area (TPSA) is 86.3 Å². The van der Waals surface area contributed by atoms with Crippen molar-refractivity contribution in [1.29, 1.82) is 0 Å². The summed E-state index contributed by atoms with van der Waals surface area (Å²) in [5.41, 5.74) is 1.17. The quantitative estimate of drug-likeness (QED) is 0.600. The van der Waals surface area contributed by atoms with Gasteiger partial charge in [0.1, 0.15) is 23.9 Å². The maximum absolute atomic E-state index is 13.0. The van der Waals surface area contributed by atoms with Gasteiger partial charge in [-0.25, -0.2) is 9.59 Å². The molecule has 1 heterocycles. The molecule has 170 valence electrons. The second-order valence-electron chi connectivity index (χ2n) is 6.85. The standard InChI is InChI=1S/C23H25ClN2O6/c1-5-31-22(27)20-17(13-32-18-9-7-6-8-16(18)24)26(2)23(28)25-21(20)15-11-10-14(29-3)12-19(15)30-4/h6-12,21H,5,13H2,1-4H3,(H,25,28)/t21-/m0/s1. The zero-order chi connectivity index (χ0) is 23.3. The zero-order valence-corrected chi connectivity index (χ0v) is 19.1. The van der Waals surface area contributed by atoms with Crippen LogP contribution in [0.1, 0.15) is 18.5 Å². The number of urea groups is 1. The highest BCUT2D eigenvalue weighted by molar-refractivity contribution is 6.32. The Labute approximate surface area is 191 Å². The molecule has 8 nitrogen and oxygen atoms in total. The molecule has 0 spiro atoms. The fraction of sp³-hybridized carbons (Fsp3) is 0.304. The molecule has 2 aromatic carbocycles. The van der Waals surface area contributed by atoms with Crippen LogP contribution in [-0.4, -0.2) is 51.4 Å². The van der Waals surface area contributed by atoms with Crippen molar-refractivity contribution in [3.8, 4) is 17.2 Å². The molecular formula is C23H25ClN2O6. The summed E-state index contributed by atoms with van der Waals surface area (Å²) in [6.07, 6.45) is 0. The lowest BCUT2D eigenvalue weighted by molar-refractivity contribution is -0.139. The molecule has 0 unspecified atom stereocenters. The number of nitrogens with one attached hydrogen (secondary N) is 1. The first kappa shape index (κ1) is 23.3. The number of methoxy groups -OCH3 is 2. The number of nitrogens with zero attached hydrogens (tertiary/aromatic N) is 1. The van der Waals surface area contributed by atoms with Gasteiger partial charge in [-0.3, -0.25) is 4.90 Å². The van der Waals surface area contributed by atoms with E-state index in [1.54, 1.807) is 63.5 Å². The Balaban J connectivity index is 2.10. The Kier molecular flexibility index (Phi) is 7.48. The Morgan fingerprint density at radius 1 is 1.12 bits per heavy atom. The molecule has 3 rings (SSSR count). The molecule has 1 N–H and O–H groups in total. The number of benzene rings is 2. The van der Waals surface area contributed by atoms with E-state index >= 15 is 0 Å². The van der Waals surface area contributed by atoms with E-state index in [0.29, 0.717) is 33.5 Å². The summed E-state index contributed by atoms with van der Waals surface area (Å²) in [4.78, 5) is 27.2. The SMILES string of the molecule is CCOC(=O)C1=C(COc2ccccc2Cl)N(C)C(=O)N[C@H]1c1ccc(OC)cc1OC. The number of carbonyl (C=O) groups is 2. The van der Waals surface area contributed by atoms with Crippen molar-refractivity contribution >= 4 is 23.6 Å². The van der Waals surface area contributed by atoms with E-state index in [9.17, 15) is 9.59 Å². The van der Waals surface area contributed by atoms with Crippen LogP contribution in [0.3, 0.4) is 0 Å². The van der Waals surface area contributed by atoms with Gasteiger partial charge in [-0.1, -0.05) is 23.7 Å². The lowest BCUT2D eigenvalue weighted by Gasteiger charge is -2.35. The lowest BCUT2D eigenvalue weighted by Crippen LogP contribution is -2.48. The number of halogens is 1. The van der Waals surface area contributed by atoms with Crippen molar-refractivity contribution in [2.75, 3.05) is 34.5 Å². The molecule has 2 amide bonds. The van der Waals surface area contributed by atoms with Crippen molar-refractivity contribution < 1.29 is 28.5 Å². The average molecular weight is 461 g/mol. The Bertz CT molecular complexity index is 1040. The van der Waals surface area contributed by atoms with E-state index in [2.05, 4.69) is 5.32 Å². The number of ether oxygens (including phenoxy) is 4. The van der Waals surface area contributed by atoms with Crippen LogP contribution in [0, 0.1) is 0 Å². The summed E-state index contributed by atoms with van der Waals surface area (Å²) in [5, 5.41) is 3.27. The van der Waals surface area contributed by atoms with Crippen molar-refractivity contribution in [2.45, 2.75) is 13.0 Å². The summed E-state index contributed by atoms with van der Waals surface area (Å²) in [6.45, 7) is 1.81. The van der Waals surface area contributed by atoms with Crippen molar-refractivity contribution in [3.63, 3.8) is 0 Å². The Morgan fingerprint density at radius 2 is 1.88 bits per heavy atom. The molecule has 0 saturated heterocycles. The van der Waals surface area contributed by atoms with Gasteiger partial charge < -0.3 is 24.3 Å². The van der Waals surface area contributed by atoms with Gasteiger partial charge in [-0.15, -0.1) is 0 Å². The average Bonchev–Trinajstić information content (AvgIpc) is 2.80. The van der Waals surface area contributed by atoms with Crippen LogP contribution in [0.4, 0.5) is 4.79 Å². The van der Waals surface area contributed by atoms with Crippen LogP contribution in [0.25, 0.3) is 0 Å². The van der Waals surface area contributed by atoms with Crippen LogP contribution in [-0.2, 0) is 9.53 Å². The van der Waals surface area contributed by atoms with Crippen molar-refractivity contribution in [1.82, 2.24) is 10.2 Å². The lowest BCUT2D eigenvalue weighted by atomic mass is 9.94. The normalized spacial score (nSPS) is 15.8. The molecule has 0 aliphatic carbocycles. The smallest absolute Gasteiger partial charge is 0.338 e. The third kappa shape index (κ3) is 4.75. The molecule has 1 aliphatic rings. The van der Waals surface area contributed by atoms with Crippen molar-refractivity contribution in [2.24, 2.45) is 0 Å². The number of carbonyl (C=O) groups excluding carboxylic acids is 2. The minimum Gasteiger partial charge on any atom is -0.497 e. The molecule has 2 aromatic rings. The Morgan fingerprint density at radius 3 is 2.53 bits per heavy atom. The fourth-order valence-electron chi connectivity index (χ4n) is 3.38. The number of hydrogen-bond donors (Lipinski definition) is 1. The molecule has 0 saturated carbocycles. The van der Waals surface area contributed by atoms with E-state index in [4.69, 9.17) is 30.5 Å². The van der Waals surface area contributed by atoms with E-state index in [1.165, 1.54) is 12.0 Å². The summed E-state index contributed by atoms with van der Waals surface area (Å²) in [5.74, 6) is 0.893. The van der Waals surface area contributed by atoms with Gasteiger partial charge in [0.25, 0.3) is 0 Å². The largest absolute Gasteiger partial charge is 0.497 e. The van der Waals surface area contributed by atoms with E-state index in [1.807, 2.05) is 0 Å². The number of esters is 1. The molecule has 0 fully saturated rings. The van der Waals surface area contributed by atoms with Gasteiger partial charge in [0.15, 0.2) is 0 Å². The van der Waals surface area contributed by atoms with Crippen molar-refractivity contribution in [3.05, 3.63) is 64.3 Å². The first-order valence-electron chi connectivity index (χ1n) is 9.94. The number of hydrogen-bond acceptors (Lipinski definition) is 6. The van der Waals surface area contributed by atoms with Crippen LogP contribution in [0.15, 0.2) is 53.7 Å². The summed E-state index contributed by atoms with van der Waals surface area (Å²) >= 11 is 6.19. The van der Waals surface area contributed by atoms with Crippen LogP contribution >= 0.6 is 11.6 Å². The molecule has 1 atom stereocenters. The maximum atomic E-state index is 13.0. The minimum absolute atomic E-state index is 0.0726. The molecule has 0 aromatic heterocycles. The zero-order valence-electron chi connectivity index (χ0n) is 18.3. The summed E-state index contributed by atoms with van der Waals surface area (Å²) in [6, 6.07) is 10.9. The minimum atomic E-state index is -0.816. The van der Waals surface area contributed by atoms with Gasteiger partial charge in [-0.2, -0.15) is 0 Å². The molecule has 9 heteroatoms. The first-order chi connectivity index (χ1) is 15.4. The second kappa shape index (κ2) is 10.3. The fourth-order valence-corrected chi connectivity index (χ4v) is 3.57. The predicted molar refractivity (Wildman–Crippen MR) is 119 cm³/mol. The van der Waals surface area contributed by atoms with E-state index in [0.717, 1.165) is 0 Å². The number of rotatable bonds is 8. The van der Waals surface area contributed by atoms with Crippen LogP contribution in [0.5, 0.6) is 17.2 Å². The van der Waals surface area contributed by atoms with Gasteiger partial charge in [0, 0.05) is 18.7 Å². The van der Waals surface area contributed by atoms with Crippen LogP contribution < -0.4 is 19.5 Å². The maximum Gasteiger partial charge on any atom is 0.338 e. The highest BCUT2D eigenvalue weighted by Crippen LogP contribution is 2.37. The predicted octanol–water partition coefficient (Wildman–Crippen LogP) is 3.95. The molecular weight excluding hydrogens is 436 g/mol. The van der Waals surface area contributed by atoms with E-state index in [-0.39, 0.29) is 18.8 Å². The second-order valence-corrected chi connectivity index (χ2v) is 7.26. The monoisotopic (exact) mass is 460 g/mol. The summed E-state index contributed by atoms with van der Waals surface area (Å²) < 4.78 is 21.9. The highest BCUT2D eigenvalue weighted by Gasteiger charge is 2.38. The van der Waals surface area contributed by atoms with Gasteiger partial charge in [-0.05, 0) is 31.2 Å². The molecule has 0 radical (unpaired) electrons. The third-order valence-corrected chi connectivity index (χ3v) is 5.34. The number of likely N-dealkylation sites (N-methyl/N-ethyl adjacent to an activating group) is 1. The summed E-state index contributed by atoms with van der Waals surface area (Å²) in [7, 11) is 4.60. The van der Waals surface area contributed by atoms with Gasteiger partial charge in [0.2, 0.25) is 0 Å². The molecule has 0 bridgehead atoms. The highest BCUT2D eigenvalue weighted by atomic mass is 35.5. The molecule has 32 heavy (non-hydrogen) atoms. The van der Waals surface area contributed by atoms with Gasteiger partial charge >= 0.3 is 12.0 Å². The third-order valence-electron chi connectivity index (χ3n) is 5.02. The number of para-hydroxylation sites is 1.